The van der Waals surface area contributed by atoms with Crippen LogP contribution in [0.1, 0.15) is 24.4 Å². The first-order valence-electron chi connectivity index (χ1n) is 10.1. The molecule has 35 heavy (non-hydrogen) atoms. The van der Waals surface area contributed by atoms with Crippen LogP contribution in [0.4, 0.5) is 27.8 Å². The molecule has 13 heteroatoms. The molecule has 5 rings (SSSR count). The molecule has 0 fully saturated rings. The normalized spacial score (nSPS) is 12.9. The van der Waals surface area contributed by atoms with Crippen molar-refractivity contribution in [2.75, 3.05) is 5.73 Å². The molecule has 0 bridgehead atoms. The lowest BCUT2D eigenvalue weighted by Gasteiger charge is -2.13. The first-order valence-corrected chi connectivity index (χ1v) is 10.1. The van der Waals surface area contributed by atoms with Gasteiger partial charge in [-0.1, -0.05) is 0 Å². The van der Waals surface area contributed by atoms with E-state index in [1.165, 1.54) is 23.3 Å². The Kier molecular flexibility index (Phi) is 5.19. The molecule has 0 amide bonds. The molecule has 178 valence electrons. The van der Waals surface area contributed by atoms with Gasteiger partial charge in [-0.05, 0) is 19.1 Å². The zero-order valence-corrected chi connectivity index (χ0v) is 17.9. The summed E-state index contributed by atoms with van der Waals surface area (Å²) in [5.41, 5.74) is 7.95. The fourth-order valence-electron chi connectivity index (χ4n) is 3.75. The molecule has 1 aromatic carbocycles. The van der Waals surface area contributed by atoms with Crippen molar-refractivity contribution in [3.05, 3.63) is 78.5 Å². The summed E-state index contributed by atoms with van der Waals surface area (Å²) in [7, 11) is 0. The van der Waals surface area contributed by atoms with Crippen LogP contribution in [0.5, 0.6) is 0 Å². The third-order valence-electron chi connectivity index (χ3n) is 5.51. The molecule has 0 radical (unpaired) electrons. The van der Waals surface area contributed by atoms with Crippen LogP contribution in [0, 0.1) is 11.6 Å². The van der Waals surface area contributed by atoms with Gasteiger partial charge in [0.15, 0.2) is 5.82 Å². The minimum absolute atomic E-state index is 0.0661. The van der Waals surface area contributed by atoms with Gasteiger partial charge >= 0.3 is 6.18 Å². The van der Waals surface area contributed by atoms with Gasteiger partial charge in [0, 0.05) is 47.5 Å². The van der Waals surface area contributed by atoms with E-state index >= 15 is 0 Å². The van der Waals surface area contributed by atoms with Gasteiger partial charge in [0.2, 0.25) is 5.82 Å². The van der Waals surface area contributed by atoms with Crippen molar-refractivity contribution in [3.63, 3.8) is 0 Å². The molecule has 0 saturated heterocycles. The standard InChI is InChI=1S/C22H15F5N8/c1-11(13-7-33-35(8-13)17-3-2-14(23)4-16(17)24)34-9-15(18-19(28)31-10-32-20(18)34)12-5-29-21(30-6-12)22(25,26)27/h2-11H,1H3,(H2,28,31,32). The van der Waals surface area contributed by atoms with Crippen molar-refractivity contribution < 1.29 is 22.0 Å². The molecule has 2 N–H and O–H groups in total. The van der Waals surface area contributed by atoms with Gasteiger partial charge in [-0.25, -0.2) is 33.4 Å². The van der Waals surface area contributed by atoms with Gasteiger partial charge < -0.3 is 10.3 Å². The average Bonchev–Trinajstić information content (AvgIpc) is 3.44. The third kappa shape index (κ3) is 3.94. The molecule has 1 unspecified atom stereocenters. The zero-order chi connectivity index (χ0) is 24.9. The van der Waals surface area contributed by atoms with Crippen molar-refractivity contribution in [2.24, 2.45) is 0 Å². The zero-order valence-electron chi connectivity index (χ0n) is 17.9. The van der Waals surface area contributed by atoms with Crippen LogP contribution in [0.25, 0.3) is 27.8 Å². The Morgan fingerprint density at radius 2 is 1.71 bits per heavy atom. The predicted molar refractivity (Wildman–Crippen MR) is 115 cm³/mol. The smallest absolute Gasteiger partial charge is 0.383 e. The molecule has 5 aromatic rings. The van der Waals surface area contributed by atoms with Gasteiger partial charge in [-0.2, -0.15) is 18.3 Å². The predicted octanol–water partition coefficient (Wildman–Crippen LogP) is 4.56. The number of nitrogens with zero attached hydrogens (tertiary/aromatic N) is 7. The number of alkyl halides is 3. The fraction of sp³-hybridized carbons (Fsp3) is 0.136. The highest BCUT2D eigenvalue weighted by Crippen LogP contribution is 2.36. The molecule has 4 heterocycles. The molecule has 4 aromatic heterocycles. The van der Waals surface area contributed by atoms with E-state index in [9.17, 15) is 22.0 Å². The Hall–Kier alpha value is -4.42. The summed E-state index contributed by atoms with van der Waals surface area (Å²) in [5.74, 6) is -2.62. The largest absolute Gasteiger partial charge is 0.451 e. The number of hydrogen-bond acceptors (Lipinski definition) is 6. The number of anilines is 1. The molecule has 0 saturated carbocycles. The van der Waals surface area contributed by atoms with Crippen molar-refractivity contribution in [1.82, 2.24) is 34.3 Å². The maximum Gasteiger partial charge on any atom is 0.451 e. The van der Waals surface area contributed by atoms with Crippen molar-refractivity contribution in [3.8, 4) is 16.8 Å². The van der Waals surface area contributed by atoms with E-state index in [1.807, 2.05) is 6.92 Å². The Bertz CT molecular complexity index is 1540. The van der Waals surface area contributed by atoms with E-state index < -0.39 is 29.7 Å². The van der Waals surface area contributed by atoms with Crippen LogP contribution >= 0.6 is 0 Å². The highest BCUT2D eigenvalue weighted by Gasteiger charge is 2.34. The number of hydrogen-bond donors (Lipinski definition) is 1. The summed E-state index contributed by atoms with van der Waals surface area (Å²) in [6, 6.07) is 2.75. The van der Waals surface area contributed by atoms with E-state index in [0.29, 0.717) is 27.7 Å². The highest BCUT2D eigenvalue weighted by molar-refractivity contribution is 6.00. The number of benzene rings is 1. The Balaban J connectivity index is 1.58. The molecule has 1 atom stereocenters. The first kappa shape index (κ1) is 22.4. The van der Waals surface area contributed by atoms with Gasteiger partial charge in [0.05, 0.1) is 17.6 Å². The second-order valence-electron chi connectivity index (χ2n) is 7.69. The molecular formula is C22H15F5N8. The lowest BCUT2D eigenvalue weighted by atomic mass is 10.1. The lowest BCUT2D eigenvalue weighted by molar-refractivity contribution is -0.144. The second-order valence-corrected chi connectivity index (χ2v) is 7.69. The van der Waals surface area contributed by atoms with Crippen LogP contribution in [0.15, 0.2) is 55.5 Å². The third-order valence-corrected chi connectivity index (χ3v) is 5.51. The van der Waals surface area contributed by atoms with E-state index in [4.69, 9.17) is 5.73 Å². The van der Waals surface area contributed by atoms with E-state index in [1.54, 1.807) is 17.0 Å². The Labute approximate surface area is 193 Å². The summed E-state index contributed by atoms with van der Waals surface area (Å²) in [5, 5.41) is 4.59. The van der Waals surface area contributed by atoms with Gasteiger partial charge in [-0.15, -0.1) is 0 Å². The van der Waals surface area contributed by atoms with Crippen molar-refractivity contribution >= 4 is 16.9 Å². The molecule has 0 spiro atoms. The number of nitrogens with two attached hydrogens (primary N) is 1. The quantitative estimate of drug-likeness (QED) is 0.374. The fourth-order valence-corrected chi connectivity index (χ4v) is 3.75. The summed E-state index contributed by atoms with van der Waals surface area (Å²) < 4.78 is 69.1. The number of nitrogen functional groups attached to an aromatic ring is 1. The number of halogens is 5. The summed E-state index contributed by atoms with van der Waals surface area (Å²) in [6.45, 7) is 1.83. The number of fused-ring (bicyclic) bond motifs is 1. The van der Waals surface area contributed by atoms with Crippen LogP contribution in [-0.2, 0) is 6.18 Å². The number of rotatable bonds is 4. The molecule has 0 aliphatic carbocycles. The lowest BCUT2D eigenvalue weighted by Crippen LogP contribution is -2.10. The summed E-state index contributed by atoms with van der Waals surface area (Å²) in [6.07, 6.45) is 3.46. The monoisotopic (exact) mass is 486 g/mol. The maximum atomic E-state index is 14.2. The average molecular weight is 486 g/mol. The van der Waals surface area contributed by atoms with Crippen LogP contribution in [0.3, 0.4) is 0 Å². The molecule has 0 aliphatic heterocycles. The molecule has 0 aliphatic rings. The van der Waals surface area contributed by atoms with Crippen molar-refractivity contribution in [2.45, 2.75) is 19.1 Å². The van der Waals surface area contributed by atoms with Crippen LogP contribution in [-0.4, -0.2) is 34.3 Å². The summed E-state index contributed by atoms with van der Waals surface area (Å²) in [4.78, 5) is 15.2. The van der Waals surface area contributed by atoms with Gasteiger partial charge in [0.1, 0.15) is 29.3 Å². The molecular weight excluding hydrogens is 471 g/mol. The summed E-state index contributed by atoms with van der Waals surface area (Å²) >= 11 is 0. The van der Waals surface area contributed by atoms with Gasteiger partial charge in [-0.3, -0.25) is 0 Å². The first-order chi connectivity index (χ1) is 16.6. The van der Waals surface area contributed by atoms with E-state index in [-0.39, 0.29) is 11.5 Å². The van der Waals surface area contributed by atoms with Crippen LogP contribution < -0.4 is 5.73 Å². The minimum Gasteiger partial charge on any atom is -0.383 e. The van der Waals surface area contributed by atoms with Crippen molar-refractivity contribution in [1.29, 1.82) is 0 Å². The van der Waals surface area contributed by atoms with Gasteiger partial charge in [0.25, 0.3) is 0 Å². The number of aromatic nitrogens is 7. The van der Waals surface area contributed by atoms with Crippen LogP contribution in [0.2, 0.25) is 0 Å². The second kappa shape index (κ2) is 8.11. The minimum atomic E-state index is -4.67. The highest BCUT2D eigenvalue weighted by atomic mass is 19.4. The topological polar surface area (TPSA) is 100 Å². The van der Waals surface area contributed by atoms with E-state index in [2.05, 4.69) is 25.0 Å². The van der Waals surface area contributed by atoms with E-state index in [0.717, 1.165) is 24.5 Å². The maximum absolute atomic E-state index is 14.2. The Morgan fingerprint density at radius 1 is 0.971 bits per heavy atom. The molecule has 8 nitrogen and oxygen atoms in total. The SMILES string of the molecule is CC(c1cnn(-c2ccc(F)cc2F)c1)n1cc(-c2cnc(C(F)(F)F)nc2)c2c(N)ncnc21. The Morgan fingerprint density at radius 3 is 2.40 bits per heavy atom.